The van der Waals surface area contributed by atoms with Gasteiger partial charge in [-0.25, -0.2) is 0 Å². The normalized spacial score (nSPS) is 10.3. The van der Waals surface area contributed by atoms with Gasteiger partial charge in [0.05, 0.1) is 32.7 Å². The standard InChI is InChI=1S/C14H20N4O3/c1-8-12(15)14(18(2)17-8)16-9-6-10(19-3)13(21-5)11(7-9)20-4/h6-7,16H,15H2,1-5H3. The van der Waals surface area contributed by atoms with Crippen molar-refractivity contribution in [3.05, 3.63) is 17.8 Å². The van der Waals surface area contributed by atoms with Crippen LogP contribution < -0.4 is 25.3 Å². The van der Waals surface area contributed by atoms with Crippen LogP contribution in [0.25, 0.3) is 0 Å². The summed E-state index contributed by atoms with van der Waals surface area (Å²) < 4.78 is 17.6. The number of ether oxygens (including phenoxy) is 3. The van der Waals surface area contributed by atoms with Gasteiger partial charge in [-0.05, 0) is 6.92 Å². The van der Waals surface area contributed by atoms with Crippen LogP contribution in [0.4, 0.5) is 17.2 Å². The van der Waals surface area contributed by atoms with E-state index in [4.69, 9.17) is 19.9 Å². The molecule has 0 bridgehead atoms. The van der Waals surface area contributed by atoms with Gasteiger partial charge in [-0.15, -0.1) is 0 Å². The molecule has 0 saturated heterocycles. The molecule has 3 N–H and O–H groups in total. The third kappa shape index (κ3) is 2.67. The van der Waals surface area contributed by atoms with Crippen molar-refractivity contribution in [2.24, 2.45) is 7.05 Å². The van der Waals surface area contributed by atoms with E-state index in [2.05, 4.69) is 10.4 Å². The quantitative estimate of drug-likeness (QED) is 0.878. The zero-order valence-electron chi connectivity index (χ0n) is 12.9. The molecule has 114 valence electrons. The summed E-state index contributed by atoms with van der Waals surface area (Å²) in [7, 11) is 6.53. The number of benzene rings is 1. The molecule has 0 atom stereocenters. The fraction of sp³-hybridized carbons (Fsp3) is 0.357. The topological polar surface area (TPSA) is 83.6 Å². The summed E-state index contributed by atoms with van der Waals surface area (Å²) in [6.45, 7) is 1.86. The number of nitrogen functional groups attached to an aromatic ring is 1. The number of anilines is 3. The van der Waals surface area contributed by atoms with Crippen molar-refractivity contribution in [1.29, 1.82) is 0 Å². The van der Waals surface area contributed by atoms with Crippen molar-refractivity contribution in [3.8, 4) is 17.2 Å². The van der Waals surface area contributed by atoms with E-state index in [1.54, 1.807) is 26.0 Å². The van der Waals surface area contributed by atoms with E-state index in [0.29, 0.717) is 28.8 Å². The number of nitrogens with one attached hydrogen (secondary N) is 1. The Labute approximate surface area is 123 Å². The fourth-order valence-electron chi connectivity index (χ4n) is 2.11. The first-order valence-corrected chi connectivity index (χ1v) is 6.37. The van der Waals surface area contributed by atoms with Crippen LogP contribution in [0.5, 0.6) is 17.2 Å². The van der Waals surface area contributed by atoms with Crippen LogP contribution in [0.3, 0.4) is 0 Å². The number of hydrogen-bond acceptors (Lipinski definition) is 6. The van der Waals surface area contributed by atoms with E-state index >= 15 is 0 Å². The van der Waals surface area contributed by atoms with Crippen LogP contribution in [0.2, 0.25) is 0 Å². The van der Waals surface area contributed by atoms with Gasteiger partial charge in [0, 0.05) is 24.9 Å². The number of methoxy groups -OCH3 is 3. The minimum Gasteiger partial charge on any atom is -0.493 e. The van der Waals surface area contributed by atoms with E-state index in [-0.39, 0.29) is 0 Å². The largest absolute Gasteiger partial charge is 0.493 e. The lowest BCUT2D eigenvalue weighted by atomic mass is 10.2. The molecule has 1 aromatic carbocycles. The second kappa shape index (κ2) is 5.82. The molecule has 1 heterocycles. The summed E-state index contributed by atoms with van der Waals surface area (Å²) >= 11 is 0. The van der Waals surface area contributed by atoms with Crippen molar-refractivity contribution in [2.75, 3.05) is 32.4 Å². The molecule has 0 amide bonds. The molecular formula is C14H20N4O3. The minimum atomic E-state index is 0.541. The molecule has 0 fully saturated rings. The summed E-state index contributed by atoms with van der Waals surface area (Å²) in [5, 5.41) is 7.49. The minimum absolute atomic E-state index is 0.541. The molecule has 7 nitrogen and oxygen atoms in total. The van der Waals surface area contributed by atoms with Crippen molar-refractivity contribution >= 4 is 17.2 Å². The van der Waals surface area contributed by atoms with Gasteiger partial charge in [-0.1, -0.05) is 0 Å². The van der Waals surface area contributed by atoms with Crippen LogP contribution in [-0.4, -0.2) is 31.1 Å². The van der Waals surface area contributed by atoms with Gasteiger partial charge in [0.2, 0.25) is 5.75 Å². The Kier molecular flexibility index (Phi) is 4.11. The predicted octanol–water partition coefficient (Wildman–Crippen LogP) is 2.08. The van der Waals surface area contributed by atoms with Crippen LogP contribution in [-0.2, 0) is 7.05 Å². The Morgan fingerprint density at radius 2 is 1.67 bits per heavy atom. The highest BCUT2D eigenvalue weighted by molar-refractivity contribution is 5.74. The van der Waals surface area contributed by atoms with Gasteiger partial charge in [-0.3, -0.25) is 4.68 Å². The van der Waals surface area contributed by atoms with Crippen LogP contribution in [0.1, 0.15) is 5.69 Å². The first kappa shape index (κ1) is 14.8. The van der Waals surface area contributed by atoms with Gasteiger partial charge < -0.3 is 25.3 Å². The number of nitrogens with two attached hydrogens (primary N) is 1. The lowest BCUT2D eigenvalue weighted by Gasteiger charge is -2.15. The highest BCUT2D eigenvalue weighted by Gasteiger charge is 2.15. The Morgan fingerprint density at radius 1 is 1.10 bits per heavy atom. The molecule has 0 aliphatic carbocycles. The van der Waals surface area contributed by atoms with Gasteiger partial charge in [0.25, 0.3) is 0 Å². The molecule has 0 spiro atoms. The number of nitrogens with zero attached hydrogens (tertiary/aromatic N) is 2. The second-order valence-electron chi connectivity index (χ2n) is 4.51. The molecule has 2 aromatic rings. The number of aromatic nitrogens is 2. The van der Waals surface area contributed by atoms with Crippen molar-refractivity contribution in [1.82, 2.24) is 9.78 Å². The maximum atomic E-state index is 6.02. The SMILES string of the molecule is COc1cc(Nc2c(N)c(C)nn2C)cc(OC)c1OC. The third-order valence-electron chi connectivity index (χ3n) is 3.20. The molecule has 2 rings (SSSR count). The highest BCUT2D eigenvalue weighted by Crippen LogP contribution is 2.41. The number of hydrogen-bond donors (Lipinski definition) is 2. The van der Waals surface area contributed by atoms with Gasteiger partial charge >= 0.3 is 0 Å². The molecule has 1 aromatic heterocycles. The molecule has 0 radical (unpaired) electrons. The maximum Gasteiger partial charge on any atom is 0.203 e. The van der Waals surface area contributed by atoms with E-state index in [0.717, 1.165) is 11.4 Å². The average Bonchev–Trinajstić information content (AvgIpc) is 2.72. The average molecular weight is 292 g/mol. The predicted molar refractivity (Wildman–Crippen MR) is 81.7 cm³/mol. The smallest absolute Gasteiger partial charge is 0.203 e. The molecule has 0 aliphatic heterocycles. The molecule has 0 aliphatic rings. The summed E-state index contributed by atoms with van der Waals surface area (Å²) in [5.74, 6) is 2.38. The lowest BCUT2D eigenvalue weighted by molar-refractivity contribution is 0.324. The highest BCUT2D eigenvalue weighted by atomic mass is 16.5. The van der Waals surface area contributed by atoms with Crippen LogP contribution >= 0.6 is 0 Å². The zero-order chi connectivity index (χ0) is 15.6. The Bertz CT molecular complexity index is 627. The summed E-state index contributed by atoms with van der Waals surface area (Å²) in [6.07, 6.45) is 0. The van der Waals surface area contributed by atoms with E-state index in [1.807, 2.05) is 26.1 Å². The van der Waals surface area contributed by atoms with E-state index in [9.17, 15) is 0 Å². The Hall–Kier alpha value is -2.57. The zero-order valence-corrected chi connectivity index (χ0v) is 12.9. The van der Waals surface area contributed by atoms with Gasteiger partial charge in [-0.2, -0.15) is 5.10 Å². The fourth-order valence-corrected chi connectivity index (χ4v) is 2.11. The number of rotatable bonds is 5. The molecule has 7 heteroatoms. The van der Waals surface area contributed by atoms with Crippen LogP contribution in [0.15, 0.2) is 12.1 Å². The first-order valence-electron chi connectivity index (χ1n) is 6.37. The van der Waals surface area contributed by atoms with Crippen LogP contribution in [0, 0.1) is 6.92 Å². The monoisotopic (exact) mass is 292 g/mol. The molecule has 0 unspecified atom stereocenters. The first-order chi connectivity index (χ1) is 10.0. The lowest BCUT2D eigenvalue weighted by Crippen LogP contribution is -2.03. The van der Waals surface area contributed by atoms with Crippen molar-refractivity contribution in [2.45, 2.75) is 6.92 Å². The van der Waals surface area contributed by atoms with Crippen molar-refractivity contribution < 1.29 is 14.2 Å². The van der Waals surface area contributed by atoms with Gasteiger partial charge in [0.1, 0.15) is 0 Å². The summed E-state index contributed by atoms with van der Waals surface area (Å²) in [5.41, 5.74) is 8.15. The Balaban J connectivity index is 2.45. The third-order valence-corrected chi connectivity index (χ3v) is 3.20. The molecule has 21 heavy (non-hydrogen) atoms. The summed E-state index contributed by atoms with van der Waals surface area (Å²) in [6, 6.07) is 3.62. The Morgan fingerprint density at radius 3 is 2.05 bits per heavy atom. The second-order valence-corrected chi connectivity index (χ2v) is 4.51. The summed E-state index contributed by atoms with van der Waals surface area (Å²) in [4.78, 5) is 0. The van der Waals surface area contributed by atoms with E-state index in [1.165, 1.54) is 0 Å². The van der Waals surface area contributed by atoms with Crippen molar-refractivity contribution in [3.63, 3.8) is 0 Å². The van der Waals surface area contributed by atoms with E-state index < -0.39 is 0 Å². The molecular weight excluding hydrogens is 272 g/mol. The molecule has 0 saturated carbocycles. The maximum absolute atomic E-state index is 6.02. The number of aryl methyl sites for hydroxylation is 2. The van der Waals surface area contributed by atoms with Gasteiger partial charge in [0.15, 0.2) is 17.3 Å².